The predicted octanol–water partition coefficient (Wildman–Crippen LogP) is 2.85. The number of carbonyl (C=O) groups excluding carboxylic acids is 1. The van der Waals surface area contributed by atoms with Crippen LogP contribution < -0.4 is 10.6 Å². The van der Waals surface area contributed by atoms with Crippen LogP contribution in [0.3, 0.4) is 0 Å². The first-order chi connectivity index (χ1) is 9.25. The lowest BCUT2D eigenvalue weighted by atomic mass is 10.2. The van der Waals surface area contributed by atoms with Gasteiger partial charge in [-0.05, 0) is 32.0 Å². The highest BCUT2D eigenvalue weighted by molar-refractivity contribution is 5.89. The molecule has 1 fully saturated rings. The summed E-state index contributed by atoms with van der Waals surface area (Å²) in [5.41, 5.74) is 2.06. The van der Waals surface area contributed by atoms with Crippen molar-refractivity contribution < 1.29 is 4.79 Å². The SMILES string of the molecule is CC.Cc1ccc(NC(=O)N2CCCNCC2)cc1. The van der Waals surface area contributed by atoms with Crippen LogP contribution >= 0.6 is 0 Å². The Morgan fingerprint density at radius 2 is 1.84 bits per heavy atom. The van der Waals surface area contributed by atoms with E-state index >= 15 is 0 Å². The number of benzene rings is 1. The van der Waals surface area contributed by atoms with Crippen LogP contribution in [0.4, 0.5) is 10.5 Å². The summed E-state index contributed by atoms with van der Waals surface area (Å²) in [5.74, 6) is 0. The number of nitrogens with one attached hydrogen (secondary N) is 2. The van der Waals surface area contributed by atoms with Gasteiger partial charge in [-0.3, -0.25) is 0 Å². The monoisotopic (exact) mass is 263 g/mol. The van der Waals surface area contributed by atoms with Crippen molar-refractivity contribution in [2.75, 3.05) is 31.5 Å². The van der Waals surface area contributed by atoms with Gasteiger partial charge in [-0.1, -0.05) is 31.5 Å². The molecule has 4 heteroatoms. The second-order valence-corrected chi connectivity index (χ2v) is 4.39. The highest BCUT2D eigenvalue weighted by Gasteiger charge is 2.14. The molecule has 2 amide bonds. The Kier molecular flexibility index (Phi) is 6.97. The Bertz CT molecular complexity index is 367. The number of carbonyl (C=O) groups is 1. The number of aryl methyl sites for hydroxylation is 1. The molecule has 0 aliphatic carbocycles. The van der Waals surface area contributed by atoms with Crippen molar-refractivity contribution in [2.45, 2.75) is 27.2 Å². The standard InChI is InChI=1S/C13H19N3O.C2H6/c1-11-3-5-12(6-4-11)15-13(17)16-9-2-7-14-8-10-16;1-2/h3-6,14H,2,7-10H2,1H3,(H,15,17);1-2H3. The Labute approximate surface area is 116 Å². The lowest BCUT2D eigenvalue weighted by molar-refractivity contribution is 0.215. The minimum Gasteiger partial charge on any atom is -0.323 e. The van der Waals surface area contributed by atoms with Crippen molar-refractivity contribution in [3.8, 4) is 0 Å². The molecule has 2 N–H and O–H groups in total. The summed E-state index contributed by atoms with van der Waals surface area (Å²) in [5, 5.41) is 6.21. The number of hydrogen-bond acceptors (Lipinski definition) is 2. The normalized spacial score (nSPS) is 15.0. The first kappa shape index (κ1) is 15.5. The van der Waals surface area contributed by atoms with Crippen molar-refractivity contribution in [1.29, 1.82) is 0 Å². The molecule has 106 valence electrons. The number of nitrogens with zero attached hydrogens (tertiary/aromatic N) is 1. The van der Waals surface area contributed by atoms with E-state index in [4.69, 9.17) is 0 Å². The predicted molar refractivity (Wildman–Crippen MR) is 80.6 cm³/mol. The second-order valence-electron chi connectivity index (χ2n) is 4.39. The van der Waals surface area contributed by atoms with Gasteiger partial charge < -0.3 is 15.5 Å². The number of hydrogen-bond donors (Lipinski definition) is 2. The number of anilines is 1. The Morgan fingerprint density at radius 3 is 2.53 bits per heavy atom. The molecule has 1 saturated heterocycles. The largest absolute Gasteiger partial charge is 0.323 e. The quantitative estimate of drug-likeness (QED) is 0.818. The zero-order valence-corrected chi connectivity index (χ0v) is 12.2. The maximum atomic E-state index is 12.0. The van der Waals surface area contributed by atoms with Crippen molar-refractivity contribution in [3.63, 3.8) is 0 Å². The summed E-state index contributed by atoms with van der Waals surface area (Å²) in [4.78, 5) is 13.9. The molecule has 19 heavy (non-hydrogen) atoms. The minimum absolute atomic E-state index is 0.00227. The van der Waals surface area contributed by atoms with E-state index in [1.807, 2.05) is 49.9 Å². The van der Waals surface area contributed by atoms with E-state index in [1.54, 1.807) is 0 Å². The first-order valence-electron chi connectivity index (χ1n) is 7.09. The summed E-state index contributed by atoms with van der Waals surface area (Å²) in [6.45, 7) is 9.50. The molecule has 0 unspecified atom stereocenters. The molecule has 1 aromatic rings. The van der Waals surface area contributed by atoms with Crippen molar-refractivity contribution >= 4 is 11.7 Å². The molecule has 0 atom stereocenters. The van der Waals surface area contributed by atoms with Crippen LogP contribution in [0.1, 0.15) is 25.8 Å². The molecule has 2 rings (SSSR count). The highest BCUT2D eigenvalue weighted by Crippen LogP contribution is 2.10. The maximum Gasteiger partial charge on any atom is 0.321 e. The van der Waals surface area contributed by atoms with E-state index in [9.17, 15) is 4.79 Å². The van der Waals surface area contributed by atoms with E-state index in [0.29, 0.717) is 0 Å². The molecule has 1 aliphatic rings. The number of rotatable bonds is 1. The van der Waals surface area contributed by atoms with Gasteiger partial charge in [0.2, 0.25) is 0 Å². The average molecular weight is 263 g/mol. The molecular weight excluding hydrogens is 238 g/mol. The van der Waals surface area contributed by atoms with Gasteiger partial charge in [0.05, 0.1) is 0 Å². The number of amides is 2. The second kappa shape index (κ2) is 8.53. The third-order valence-electron chi connectivity index (χ3n) is 2.93. The summed E-state index contributed by atoms with van der Waals surface area (Å²) < 4.78 is 0. The molecule has 0 bridgehead atoms. The van der Waals surface area contributed by atoms with Gasteiger partial charge >= 0.3 is 6.03 Å². The highest BCUT2D eigenvalue weighted by atomic mass is 16.2. The van der Waals surface area contributed by atoms with Gasteiger partial charge in [0, 0.05) is 25.3 Å². The molecular formula is C15H25N3O. The van der Waals surface area contributed by atoms with E-state index in [0.717, 1.165) is 38.3 Å². The molecule has 1 aromatic carbocycles. The fraction of sp³-hybridized carbons (Fsp3) is 0.533. The molecule has 4 nitrogen and oxygen atoms in total. The maximum absolute atomic E-state index is 12.0. The van der Waals surface area contributed by atoms with Crippen LogP contribution in [-0.4, -0.2) is 37.1 Å². The smallest absolute Gasteiger partial charge is 0.321 e. The molecule has 0 spiro atoms. The third kappa shape index (κ3) is 5.30. The van der Waals surface area contributed by atoms with Gasteiger partial charge in [-0.25, -0.2) is 4.79 Å². The summed E-state index contributed by atoms with van der Waals surface area (Å²) in [6.07, 6.45) is 1.02. The van der Waals surface area contributed by atoms with Gasteiger partial charge in [0.15, 0.2) is 0 Å². The Morgan fingerprint density at radius 1 is 1.16 bits per heavy atom. The lowest BCUT2D eigenvalue weighted by Crippen LogP contribution is -2.37. The van der Waals surface area contributed by atoms with Gasteiger partial charge in [-0.2, -0.15) is 0 Å². The zero-order chi connectivity index (χ0) is 14.1. The van der Waals surface area contributed by atoms with E-state index < -0.39 is 0 Å². The third-order valence-corrected chi connectivity index (χ3v) is 2.93. The van der Waals surface area contributed by atoms with Crippen molar-refractivity contribution in [2.24, 2.45) is 0 Å². The van der Waals surface area contributed by atoms with Gasteiger partial charge in [0.1, 0.15) is 0 Å². The molecule has 1 aliphatic heterocycles. The first-order valence-corrected chi connectivity index (χ1v) is 7.09. The molecule has 1 heterocycles. The Balaban J connectivity index is 0.000000861. The molecule has 0 aromatic heterocycles. The van der Waals surface area contributed by atoms with Crippen LogP contribution in [0, 0.1) is 6.92 Å². The van der Waals surface area contributed by atoms with Crippen LogP contribution in [0.2, 0.25) is 0 Å². The van der Waals surface area contributed by atoms with Gasteiger partial charge in [0.25, 0.3) is 0 Å². The van der Waals surface area contributed by atoms with E-state index in [2.05, 4.69) is 10.6 Å². The fourth-order valence-corrected chi connectivity index (χ4v) is 1.89. The average Bonchev–Trinajstić information content (AvgIpc) is 2.73. The van der Waals surface area contributed by atoms with Crippen LogP contribution in [0.25, 0.3) is 0 Å². The summed E-state index contributed by atoms with van der Waals surface area (Å²) in [6, 6.07) is 7.86. The van der Waals surface area contributed by atoms with E-state index in [-0.39, 0.29) is 6.03 Å². The zero-order valence-electron chi connectivity index (χ0n) is 12.2. The van der Waals surface area contributed by atoms with Crippen LogP contribution in [-0.2, 0) is 0 Å². The van der Waals surface area contributed by atoms with Crippen molar-refractivity contribution in [1.82, 2.24) is 10.2 Å². The van der Waals surface area contributed by atoms with Gasteiger partial charge in [-0.15, -0.1) is 0 Å². The van der Waals surface area contributed by atoms with E-state index in [1.165, 1.54) is 5.56 Å². The van der Waals surface area contributed by atoms with Crippen LogP contribution in [0.15, 0.2) is 24.3 Å². The topological polar surface area (TPSA) is 44.4 Å². The van der Waals surface area contributed by atoms with Crippen LogP contribution in [0.5, 0.6) is 0 Å². The lowest BCUT2D eigenvalue weighted by Gasteiger charge is -2.20. The molecule has 0 saturated carbocycles. The Hall–Kier alpha value is -1.55. The summed E-state index contributed by atoms with van der Waals surface area (Å²) in [7, 11) is 0. The van der Waals surface area contributed by atoms with Crippen molar-refractivity contribution in [3.05, 3.63) is 29.8 Å². The fourth-order valence-electron chi connectivity index (χ4n) is 1.89. The number of urea groups is 1. The minimum atomic E-state index is -0.00227. The summed E-state index contributed by atoms with van der Waals surface area (Å²) >= 11 is 0. The molecule has 0 radical (unpaired) electrons.